The summed E-state index contributed by atoms with van der Waals surface area (Å²) in [5.74, 6) is 0.227. The van der Waals surface area contributed by atoms with Gasteiger partial charge in [0.1, 0.15) is 5.75 Å². The Hall–Kier alpha value is -1.48. The fraction of sp³-hybridized carbons (Fsp3) is 0.308. The fourth-order valence-electron chi connectivity index (χ4n) is 1.27. The maximum Gasteiger partial charge on any atom is 0.330 e. The summed E-state index contributed by atoms with van der Waals surface area (Å²) in [6.07, 6.45) is 2.96. The number of carbonyl (C=O) groups excluding carboxylic acids is 1. The zero-order valence-electron chi connectivity index (χ0n) is 9.90. The van der Waals surface area contributed by atoms with Crippen LogP contribution in [0.3, 0.4) is 0 Å². The Morgan fingerprint density at radius 1 is 1.35 bits per heavy atom. The predicted molar refractivity (Wildman–Crippen MR) is 68.3 cm³/mol. The van der Waals surface area contributed by atoms with Gasteiger partial charge in [-0.25, -0.2) is 4.79 Å². The van der Waals surface area contributed by atoms with Crippen LogP contribution in [0.1, 0.15) is 19.4 Å². The van der Waals surface area contributed by atoms with Crippen LogP contribution in [0.2, 0.25) is 5.02 Å². The largest absolute Gasteiger partial charge is 0.492 e. The Morgan fingerprint density at radius 3 is 2.76 bits per heavy atom. The quantitative estimate of drug-likeness (QED) is 0.597. The zero-order valence-corrected chi connectivity index (χ0v) is 10.7. The summed E-state index contributed by atoms with van der Waals surface area (Å²) in [4.78, 5) is 11.2. The van der Waals surface area contributed by atoms with Crippen LogP contribution in [-0.2, 0) is 9.53 Å². The second-order valence-corrected chi connectivity index (χ2v) is 3.56. The lowest BCUT2D eigenvalue weighted by Crippen LogP contribution is -1.98. The number of rotatable bonds is 5. The van der Waals surface area contributed by atoms with Gasteiger partial charge < -0.3 is 9.47 Å². The molecular formula is C13H15ClO3. The lowest BCUT2D eigenvalue weighted by Gasteiger charge is -2.07. The normalized spacial score (nSPS) is 10.5. The van der Waals surface area contributed by atoms with E-state index in [4.69, 9.17) is 21.1 Å². The van der Waals surface area contributed by atoms with E-state index in [0.717, 1.165) is 5.56 Å². The number of hydrogen-bond donors (Lipinski definition) is 0. The topological polar surface area (TPSA) is 35.5 Å². The van der Waals surface area contributed by atoms with Gasteiger partial charge in [-0.05, 0) is 31.6 Å². The molecule has 0 aliphatic rings. The average molecular weight is 255 g/mol. The smallest absolute Gasteiger partial charge is 0.330 e. The van der Waals surface area contributed by atoms with Gasteiger partial charge in [0.15, 0.2) is 0 Å². The number of ether oxygens (including phenoxy) is 2. The van der Waals surface area contributed by atoms with Gasteiger partial charge in [-0.15, -0.1) is 0 Å². The lowest BCUT2D eigenvalue weighted by atomic mass is 10.2. The van der Waals surface area contributed by atoms with Gasteiger partial charge in [-0.3, -0.25) is 0 Å². The van der Waals surface area contributed by atoms with Gasteiger partial charge >= 0.3 is 5.97 Å². The molecule has 1 aromatic carbocycles. The summed E-state index contributed by atoms with van der Waals surface area (Å²) >= 11 is 6.12. The standard InChI is InChI=1S/C13H15ClO3/c1-3-16-11-7-5-6-10(13(11)14)8-9-12(15)17-4-2/h5-9H,3-4H2,1-2H3/b9-8+. The Kier molecular flexibility index (Phi) is 5.57. The molecule has 0 aliphatic carbocycles. The molecule has 0 aromatic heterocycles. The van der Waals surface area contributed by atoms with Gasteiger partial charge in [0.2, 0.25) is 0 Å². The number of esters is 1. The monoisotopic (exact) mass is 254 g/mol. The first-order valence-electron chi connectivity index (χ1n) is 5.45. The minimum Gasteiger partial charge on any atom is -0.492 e. The van der Waals surface area contributed by atoms with Crippen LogP contribution in [-0.4, -0.2) is 19.2 Å². The summed E-state index contributed by atoms with van der Waals surface area (Å²) in [6.45, 7) is 4.55. The van der Waals surface area contributed by atoms with Crippen LogP contribution in [0.15, 0.2) is 24.3 Å². The number of hydrogen-bond acceptors (Lipinski definition) is 3. The van der Waals surface area contributed by atoms with Crippen molar-refractivity contribution in [3.05, 3.63) is 34.9 Å². The molecule has 0 heterocycles. The van der Waals surface area contributed by atoms with Crippen LogP contribution >= 0.6 is 11.6 Å². The second kappa shape index (κ2) is 6.97. The maximum atomic E-state index is 11.2. The molecule has 0 N–H and O–H groups in total. The third-order valence-corrected chi connectivity index (χ3v) is 2.38. The van der Waals surface area contributed by atoms with Crippen molar-refractivity contribution >= 4 is 23.6 Å². The highest BCUT2D eigenvalue weighted by molar-refractivity contribution is 6.33. The van der Waals surface area contributed by atoms with Crippen molar-refractivity contribution in [1.82, 2.24) is 0 Å². The minimum absolute atomic E-state index is 0.357. The lowest BCUT2D eigenvalue weighted by molar-refractivity contribution is -0.137. The Bertz CT molecular complexity index is 413. The van der Waals surface area contributed by atoms with Crippen molar-refractivity contribution < 1.29 is 14.3 Å². The second-order valence-electron chi connectivity index (χ2n) is 3.18. The molecule has 3 nitrogen and oxygen atoms in total. The Balaban J connectivity index is 2.84. The molecule has 17 heavy (non-hydrogen) atoms. The molecule has 1 rings (SSSR count). The summed E-state index contributed by atoms with van der Waals surface area (Å²) in [5, 5.41) is 0.495. The average Bonchev–Trinajstić information content (AvgIpc) is 2.31. The van der Waals surface area contributed by atoms with Crippen molar-refractivity contribution in [2.75, 3.05) is 13.2 Å². The SMILES string of the molecule is CCOC(=O)/C=C/c1cccc(OCC)c1Cl. The van der Waals surface area contributed by atoms with E-state index in [1.807, 2.05) is 13.0 Å². The highest BCUT2D eigenvalue weighted by Gasteiger charge is 2.04. The third-order valence-electron chi connectivity index (χ3n) is 1.98. The van der Waals surface area contributed by atoms with E-state index in [-0.39, 0.29) is 5.97 Å². The van der Waals surface area contributed by atoms with Crippen LogP contribution in [0.4, 0.5) is 0 Å². The van der Waals surface area contributed by atoms with E-state index in [1.165, 1.54) is 6.08 Å². The third kappa shape index (κ3) is 4.11. The number of benzene rings is 1. The van der Waals surface area contributed by atoms with Crippen molar-refractivity contribution in [3.63, 3.8) is 0 Å². The summed E-state index contributed by atoms with van der Waals surface area (Å²) in [7, 11) is 0. The highest BCUT2D eigenvalue weighted by Crippen LogP contribution is 2.28. The van der Waals surface area contributed by atoms with E-state index in [1.54, 1.807) is 25.1 Å². The zero-order chi connectivity index (χ0) is 12.7. The van der Waals surface area contributed by atoms with Crippen molar-refractivity contribution in [2.24, 2.45) is 0 Å². The van der Waals surface area contributed by atoms with Crippen LogP contribution < -0.4 is 4.74 Å². The van der Waals surface area contributed by atoms with Gasteiger partial charge in [0.05, 0.1) is 18.2 Å². The molecule has 4 heteroatoms. The first-order valence-corrected chi connectivity index (χ1v) is 5.83. The summed E-state index contributed by atoms with van der Waals surface area (Å²) in [6, 6.07) is 5.41. The molecule has 92 valence electrons. The molecule has 0 fully saturated rings. The molecule has 0 unspecified atom stereocenters. The van der Waals surface area contributed by atoms with Gasteiger partial charge in [-0.2, -0.15) is 0 Å². The Morgan fingerprint density at radius 2 is 2.12 bits per heavy atom. The maximum absolute atomic E-state index is 11.2. The predicted octanol–water partition coefficient (Wildman–Crippen LogP) is 3.32. The molecule has 0 atom stereocenters. The number of halogens is 1. The van der Waals surface area contributed by atoms with E-state index < -0.39 is 0 Å². The first kappa shape index (κ1) is 13.6. The number of carbonyl (C=O) groups is 1. The van der Waals surface area contributed by atoms with Gasteiger partial charge in [0, 0.05) is 6.08 Å². The molecular weight excluding hydrogens is 240 g/mol. The van der Waals surface area contributed by atoms with Crippen molar-refractivity contribution in [3.8, 4) is 5.75 Å². The molecule has 0 saturated heterocycles. The van der Waals surface area contributed by atoms with Gasteiger partial charge in [-0.1, -0.05) is 23.7 Å². The first-order chi connectivity index (χ1) is 8.19. The molecule has 0 bridgehead atoms. The van der Waals surface area contributed by atoms with E-state index in [2.05, 4.69) is 0 Å². The Labute approximate surface area is 106 Å². The molecule has 0 aliphatic heterocycles. The summed E-state index contributed by atoms with van der Waals surface area (Å²) in [5.41, 5.74) is 0.727. The van der Waals surface area contributed by atoms with E-state index >= 15 is 0 Å². The van der Waals surface area contributed by atoms with Crippen LogP contribution in [0.5, 0.6) is 5.75 Å². The molecule has 0 amide bonds. The molecule has 1 aromatic rings. The van der Waals surface area contributed by atoms with Crippen molar-refractivity contribution in [2.45, 2.75) is 13.8 Å². The van der Waals surface area contributed by atoms with Crippen molar-refractivity contribution in [1.29, 1.82) is 0 Å². The minimum atomic E-state index is -0.384. The van der Waals surface area contributed by atoms with Gasteiger partial charge in [0.25, 0.3) is 0 Å². The molecule has 0 saturated carbocycles. The van der Waals surface area contributed by atoms with Crippen LogP contribution in [0.25, 0.3) is 6.08 Å². The molecule has 0 radical (unpaired) electrons. The van der Waals surface area contributed by atoms with E-state index in [9.17, 15) is 4.79 Å². The fourth-order valence-corrected chi connectivity index (χ4v) is 1.52. The highest BCUT2D eigenvalue weighted by atomic mass is 35.5. The summed E-state index contributed by atoms with van der Waals surface area (Å²) < 4.78 is 10.1. The van der Waals surface area contributed by atoms with Crippen LogP contribution in [0, 0.1) is 0 Å². The van der Waals surface area contributed by atoms with E-state index in [0.29, 0.717) is 24.0 Å². The molecule has 0 spiro atoms.